The van der Waals surface area contributed by atoms with Gasteiger partial charge < -0.3 is 20.8 Å². The number of aromatic carboxylic acids is 1. The lowest BCUT2D eigenvalue weighted by Gasteiger charge is -2.22. The highest BCUT2D eigenvalue weighted by molar-refractivity contribution is 6.36. The molecule has 1 unspecified atom stereocenters. The molecule has 174 valence electrons. The van der Waals surface area contributed by atoms with Crippen molar-refractivity contribution < 1.29 is 37.4 Å². The largest absolute Gasteiger partial charge is 0.490 e. The lowest BCUT2D eigenvalue weighted by molar-refractivity contribution is -0.192. The predicted molar refractivity (Wildman–Crippen MR) is 106 cm³/mol. The zero-order valence-electron chi connectivity index (χ0n) is 16.3. The van der Waals surface area contributed by atoms with Gasteiger partial charge in [-0.15, -0.1) is 0 Å². The van der Waals surface area contributed by atoms with Gasteiger partial charge in [0.2, 0.25) is 0 Å². The van der Waals surface area contributed by atoms with Crippen molar-refractivity contribution in [3.05, 3.63) is 44.6 Å². The molecule has 1 aliphatic heterocycles. The van der Waals surface area contributed by atoms with Gasteiger partial charge in [-0.05, 0) is 36.8 Å². The average molecular weight is 480 g/mol. The topological polar surface area (TPSA) is 125 Å². The molecule has 0 aromatic carbocycles. The Balaban J connectivity index is 0.000000360. The maximum Gasteiger partial charge on any atom is 0.490 e. The van der Waals surface area contributed by atoms with Crippen LogP contribution in [0.25, 0.3) is 5.52 Å². The van der Waals surface area contributed by atoms with Gasteiger partial charge in [-0.25, -0.2) is 14.0 Å². The minimum absolute atomic E-state index is 0.0498. The first kappa shape index (κ1) is 23.8. The fourth-order valence-corrected chi connectivity index (χ4v) is 3.95. The number of alkyl halides is 3. The fourth-order valence-electron chi connectivity index (χ4n) is 3.54. The Hall–Kier alpha value is -2.86. The molecule has 2 aliphatic rings. The van der Waals surface area contributed by atoms with Crippen molar-refractivity contribution in [1.29, 1.82) is 0 Å². The van der Waals surface area contributed by atoms with Gasteiger partial charge >= 0.3 is 18.1 Å². The fraction of sp³-hybridized carbons (Fsp3) is 0.421. The second-order valence-electron chi connectivity index (χ2n) is 7.55. The Kier molecular flexibility index (Phi) is 6.38. The molecule has 2 aromatic rings. The molecule has 0 spiro atoms. The summed E-state index contributed by atoms with van der Waals surface area (Å²) in [5.74, 6) is -4.59. The SMILES string of the molecule is NC1CCN(c2c(F)cn3c(=O)c(C(=O)O)cc(C4CC4)c3c2Cl)C1.O=C(O)C(F)(F)F. The van der Waals surface area contributed by atoms with Gasteiger partial charge in [0.1, 0.15) is 5.56 Å². The molecule has 1 saturated heterocycles. The Labute approximate surface area is 182 Å². The van der Waals surface area contributed by atoms with Crippen LogP contribution in [0.3, 0.4) is 0 Å². The normalized spacial score (nSPS) is 18.4. The standard InChI is InChI=1S/C17H17ClFN3O3.C2HF3O2/c18-13-14-10(8-1-2-8)5-11(17(24)25)16(23)22(14)7-12(19)15(13)21-4-3-9(20)6-21;3-2(4,5)1(6)7/h5,7-9H,1-4,6,20H2,(H,24,25);(H,6,7). The molecule has 0 amide bonds. The summed E-state index contributed by atoms with van der Waals surface area (Å²) in [7, 11) is 0. The van der Waals surface area contributed by atoms with Crippen molar-refractivity contribution in [1.82, 2.24) is 4.40 Å². The molecule has 4 rings (SSSR count). The quantitative estimate of drug-likeness (QED) is 0.578. The molecule has 1 saturated carbocycles. The summed E-state index contributed by atoms with van der Waals surface area (Å²) in [5, 5.41) is 16.6. The van der Waals surface area contributed by atoms with Gasteiger partial charge in [0.05, 0.1) is 22.4 Å². The summed E-state index contributed by atoms with van der Waals surface area (Å²) < 4.78 is 47.5. The maximum absolute atomic E-state index is 14.7. The summed E-state index contributed by atoms with van der Waals surface area (Å²) in [4.78, 5) is 34.5. The maximum atomic E-state index is 14.7. The molecular weight excluding hydrogens is 462 g/mol. The number of carbonyl (C=O) groups is 2. The van der Waals surface area contributed by atoms with E-state index >= 15 is 0 Å². The lowest BCUT2D eigenvalue weighted by atomic mass is 10.1. The minimum atomic E-state index is -5.08. The molecule has 0 bridgehead atoms. The van der Waals surface area contributed by atoms with Gasteiger partial charge in [0.15, 0.2) is 5.82 Å². The summed E-state index contributed by atoms with van der Waals surface area (Å²) in [5.41, 5.74) is 6.08. The number of aromatic nitrogens is 1. The van der Waals surface area contributed by atoms with E-state index in [0.29, 0.717) is 24.2 Å². The van der Waals surface area contributed by atoms with Crippen LogP contribution in [0.2, 0.25) is 5.02 Å². The number of rotatable bonds is 3. The van der Waals surface area contributed by atoms with Crippen molar-refractivity contribution in [3.8, 4) is 0 Å². The van der Waals surface area contributed by atoms with E-state index in [0.717, 1.165) is 29.9 Å². The van der Waals surface area contributed by atoms with Crippen LogP contribution in [0.15, 0.2) is 17.1 Å². The number of pyridine rings is 2. The van der Waals surface area contributed by atoms with Crippen molar-refractivity contribution >= 4 is 34.7 Å². The highest BCUT2D eigenvalue weighted by Crippen LogP contribution is 2.45. The first-order valence-corrected chi connectivity index (χ1v) is 9.81. The summed E-state index contributed by atoms with van der Waals surface area (Å²) in [6.07, 6.45) is -1.52. The number of hydrogen-bond acceptors (Lipinski definition) is 5. The lowest BCUT2D eigenvalue weighted by Crippen LogP contribution is -2.28. The third-order valence-electron chi connectivity index (χ3n) is 5.18. The van der Waals surface area contributed by atoms with Gasteiger partial charge in [-0.3, -0.25) is 9.20 Å². The van der Waals surface area contributed by atoms with E-state index in [1.54, 1.807) is 4.90 Å². The minimum Gasteiger partial charge on any atom is -0.477 e. The number of fused-ring (bicyclic) bond motifs is 1. The summed E-state index contributed by atoms with van der Waals surface area (Å²) in [6, 6.07) is 1.34. The predicted octanol–water partition coefficient (Wildman–Crippen LogP) is 2.84. The van der Waals surface area contributed by atoms with E-state index in [1.165, 1.54) is 6.07 Å². The molecule has 0 radical (unpaired) electrons. The molecule has 32 heavy (non-hydrogen) atoms. The van der Waals surface area contributed by atoms with Crippen LogP contribution >= 0.6 is 11.6 Å². The van der Waals surface area contributed by atoms with E-state index < -0.39 is 29.5 Å². The Bertz CT molecular complexity index is 1150. The molecule has 1 atom stereocenters. The highest BCUT2D eigenvalue weighted by Gasteiger charge is 2.38. The Morgan fingerprint density at radius 1 is 1.19 bits per heavy atom. The first-order chi connectivity index (χ1) is 14.8. The number of aliphatic carboxylic acids is 1. The van der Waals surface area contributed by atoms with Crippen LogP contribution in [-0.4, -0.2) is 51.9 Å². The van der Waals surface area contributed by atoms with Crippen molar-refractivity contribution in [3.63, 3.8) is 0 Å². The van der Waals surface area contributed by atoms with Crippen LogP contribution < -0.4 is 16.2 Å². The van der Waals surface area contributed by atoms with Crippen LogP contribution in [0.4, 0.5) is 23.2 Å². The molecule has 2 fully saturated rings. The smallest absolute Gasteiger partial charge is 0.477 e. The molecule has 1 aliphatic carbocycles. The summed E-state index contributed by atoms with van der Waals surface area (Å²) >= 11 is 6.53. The second-order valence-corrected chi connectivity index (χ2v) is 7.93. The molecular formula is C19H18ClF4N3O5. The van der Waals surface area contributed by atoms with Crippen molar-refractivity contribution in [2.24, 2.45) is 5.73 Å². The molecule has 4 N–H and O–H groups in total. The number of anilines is 1. The van der Waals surface area contributed by atoms with Gasteiger partial charge in [-0.2, -0.15) is 13.2 Å². The van der Waals surface area contributed by atoms with E-state index in [9.17, 15) is 32.3 Å². The number of halogens is 5. The Morgan fingerprint density at radius 3 is 2.22 bits per heavy atom. The number of carboxylic acid groups (broad SMARTS) is 2. The number of nitrogens with zero attached hydrogens (tertiary/aromatic N) is 2. The third kappa shape index (κ3) is 4.65. The second kappa shape index (κ2) is 8.58. The van der Waals surface area contributed by atoms with E-state index in [4.69, 9.17) is 27.2 Å². The van der Waals surface area contributed by atoms with Crippen LogP contribution in [-0.2, 0) is 4.79 Å². The zero-order valence-corrected chi connectivity index (χ0v) is 17.1. The Morgan fingerprint density at radius 2 is 1.78 bits per heavy atom. The molecule has 13 heteroatoms. The van der Waals surface area contributed by atoms with E-state index in [1.807, 2.05) is 0 Å². The van der Waals surface area contributed by atoms with Crippen molar-refractivity contribution in [2.45, 2.75) is 37.4 Å². The number of hydrogen-bond donors (Lipinski definition) is 3. The molecule has 2 aromatic heterocycles. The number of carboxylic acids is 2. The van der Waals surface area contributed by atoms with Crippen molar-refractivity contribution in [2.75, 3.05) is 18.0 Å². The van der Waals surface area contributed by atoms with Gasteiger partial charge in [0, 0.05) is 19.1 Å². The van der Waals surface area contributed by atoms with Gasteiger partial charge in [-0.1, -0.05) is 11.6 Å². The highest BCUT2D eigenvalue weighted by atomic mass is 35.5. The van der Waals surface area contributed by atoms with Crippen LogP contribution in [0.1, 0.15) is 41.1 Å². The van der Waals surface area contributed by atoms with Gasteiger partial charge in [0.25, 0.3) is 5.56 Å². The number of nitrogens with two attached hydrogens (primary N) is 1. The first-order valence-electron chi connectivity index (χ1n) is 9.44. The van der Waals surface area contributed by atoms with Crippen LogP contribution in [0, 0.1) is 5.82 Å². The molecule has 3 heterocycles. The zero-order chi connectivity index (χ0) is 24.0. The van der Waals surface area contributed by atoms with E-state index in [-0.39, 0.29) is 28.2 Å². The average Bonchev–Trinajstić information content (AvgIpc) is 3.43. The van der Waals surface area contributed by atoms with E-state index in [2.05, 4.69) is 0 Å². The summed E-state index contributed by atoms with van der Waals surface area (Å²) in [6.45, 7) is 1.08. The molecule has 8 nitrogen and oxygen atoms in total. The third-order valence-corrected chi connectivity index (χ3v) is 5.54. The monoisotopic (exact) mass is 479 g/mol. The van der Waals surface area contributed by atoms with Crippen LogP contribution in [0.5, 0.6) is 0 Å².